The van der Waals surface area contributed by atoms with Crippen molar-refractivity contribution in [1.82, 2.24) is 10.2 Å². The molecule has 4 aliphatic rings. The van der Waals surface area contributed by atoms with E-state index in [9.17, 15) is 14.4 Å². The molecule has 3 aliphatic heterocycles. The van der Waals surface area contributed by atoms with Gasteiger partial charge in [-0.2, -0.15) is 0 Å². The highest BCUT2D eigenvalue weighted by atomic mass is 19.1. The van der Waals surface area contributed by atoms with Crippen molar-refractivity contribution in [1.29, 1.82) is 0 Å². The highest BCUT2D eigenvalue weighted by Crippen LogP contribution is 2.61. The lowest BCUT2D eigenvalue weighted by molar-refractivity contribution is -0.128. The molecule has 2 amide bonds. The number of halogens is 1. The lowest BCUT2D eigenvalue weighted by Gasteiger charge is -2.41. The molecular formula is C35H37FN4O4. The third-order valence-electron chi connectivity index (χ3n) is 10.1. The molecule has 0 radical (unpaired) electrons. The fourth-order valence-electron chi connectivity index (χ4n) is 7.92. The molecule has 1 unspecified atom stereocenters. The van der Waals surface area contributed by atoms with Crippen molar-refractivity contribution < 1.29 is 23.5 Å². The number of methoxy groups -OCH3 is 1. The van der Waals surface area contributed by atoms with Crippen LogP contribution in [0.1, 0.15) is 62.5 Å². The molecule has 3 aromatic rings. The SMILES string of the molecule is COC(=O)c1c(C)cc(N2CNC3[C@@H](C2=O)[C@H](c2cccc(C)c2F)[C@]2(C(=O)Nc4cc(C)ccc42)N3CC2CC2)cc1C. The molecule has 3 aromatic carbocycles. The van der Waals surface area contributed by atoms with Gasteiger partial charge in [0.05, 0.1) is 31.4 Å². The molecule has 9 heteroatoms. The largest absolute Gasteiger partial charge is 0.465 e. The van der Waals surface area contributed by atoms with Crippen molar-refractivity contribution in [3.63, 3.8) is 0 Å². The Kier molecular flexibility index (Phi) is 6.68. The van der Waals surface area contributed by atoms with Gasteiger partial charge in [-0.1, -0.05) is 30.3 Å². The van der Waals surface area contributed by atoms with Gasteiger partial charge in [0.15, 0.2) is 0 Å². The number of hydrogen-bond acceptors (Lipinski definition) is 6. The third-order valence-corrected chi connectivity index (χ3v) is 10.1. The van der Waals surface area contributed by atoms with Crippen LogP contribution in [0.4, 0.5) is 15.8 Å². The number of ether oxygens (including phenoxy) is 1. The zero-order valence-electron chi connectivity index (χ0n) is 25.7. The number of hydrogen-bond donors (Lipinski definition) is 2. The van der Waals surface area contributed by atoms with Crippen LogP contribution in [0.2, 0.25) is 0 Å². The zero-order chi connectivity index (χ0) is 31.1. The highest BCUT2D eigenvalue weighted by Gasteiger charge is 2.70. The van der Waals surface area contributed by atoms with Gasteiger partial charge in [0.25, 0.3) is 0 Å². The van der Waals surface area contributed by atoms with Gasteiger partial charge in [-0.15, -0.1) is 0 Å². The predicted octanol–water partition coefficient (Wildman–Crippen LogP) is 5.04. The number of fused-ring (bicyclic) bond motifs is 3. The topological polar surface area (TPSA) is 91.0 Å². The Bertz CT molecular complexity index is 1710. The van der Waals surface area contributed by atoms with E-state index in [0.717, 1.165) is 24.0 Å². The number of amides is 2. The molecule has 8 nitrogen and oxygen atoms in total. The summed E-state index contributed by atoms with van der Waals surface area (Å²) in [6, 6.07) is 14.8. The normalized spacial score (nSPS) is 26.1. The first kappa shape index (κ1) is 28.7. The van der Waals surface area contributed by atoms with Gasteiger partial charge >= 0.3 is 5.97 Å². The summed E-state index contributed by atoms with van der Waals surface area (Å²) in [6.07, 6.45) is 1.63. The number of benzene rings is 3. The van der Waals surface area contributed by atoms with Gasteiger partial charge in [-0.05, 0) is 92.5 Å². The van der Waals surface area contributed by atoms with Crippen molar-refractivity contribution >= 4 is 29.2 Å². The third kappa shape index (κ3) is 4.05. The van der Waals surface area contributed by atoms with Crippen LogP contribution in [0.15, 0.2) is 48.5 Å². The lowest BCUT2D eigenvalue weighted by Crippen LogP contribution is -2.61. The number of nitrogens with zero attached hydrogens (tertiary/aromatic N) is 2. The minimum Gasteiger partial charge on any atom is -0.465 e. The molecule has 44 heavy (non-hydrogen) atoms. The van der Waals surface area contributed by atoms with E-state index in [0.29, 0.717) is 51.7 Å². The number of carbonyl (C=O) groups is 3. The molecule has 2 saturated heterocycles. The van der Waals surface area contributed by atoms with Gasteiger partial charge in [0.2, 0.25) is 11.8 Å². The number of carbonyl (C=O) groups excluding carboxylic acids is 3. The van der Waals surface area contributed by atoms with Crippen molar-refractivity contribution in [2.45, 2.75) is 58.2 Å². The monoisotopic (exact) mass is 596 g/mol. The fraction of sp³-hybridized carbons (Fsp3) is 0.400. The van der Waals surface area contributed by atoms with E-state index >= 15 is 4.39 Å². The van der Waals surface area contributed by atoms with Gasteiger partial charge in [0, 0.05) is 29.4 Å². The van der Waals surface area contributed by atoms with Gasteiger partial charge in [-0.25, -0.2) is 9.18 Å². The second-order valence-corrected chi connectivity index (χ2v) is 12.9. The van der Waals surface area contributed by atoms with E-state index in [1.54, 1.807) is 30.0 Å². The molecule has 2 N–H and O–H groups in total. The molecule has 3 fully saturated rings. The molecular weight excluding hydrogens is 559 g/mol. The molecule has 0 bridgehead atoms. The number of anilines is 2. The van der Waals surface area contributed by atoms with Crippen LogP contribution in [-0.2, 0) is 19.9 Å². The maximum atomic E-state index is 16.3. The van der Waals surface area contributed by atoms with Crippen LogP contribution >= 0.6 is 0 Å². The maximum Gasteiger partial charge on any atom is 0.338 e. The van der Waals surface area contributed by atoms with Gasteiger partial charge in [-0.3, -0.25) is 24.7 Å². The van der Waals surface area contributed by atoms with Crippen LogP contribution in [0.3, 0.4) is 0 Å². The number of aryl methyl sites for hydroxylation is 4. The lowest BCUT2D eigenvalue weighted by atomic mass is 9.70. The zero-order valence-corrected chi connectivity index (χ0v) is 25.7. The van der Waals surface area contributed by atoms with Crippen molar-refractivity contribution in [3.8, 4) is 0 Å². The number of esters is 1. The summed E-state index contributed by atoms with van der Waals surface area (Å²) >= 11 is 0. The minimum absolute atomic E-state index is 0.185. The Morgan fingerprint density at radius 1 is 1.02 bits per heavy atom. The summed E-state index contributed by atoms with van der Waals surface area (Å²) in [5, 5.41) is 6.75. The highest BCUT2D eigenvalue weighted by molar-refractivity contribution is 6.09. The maximum absolute atomic E-state index is 16.3. The first-order valence-corrected chi connectivity index (χ1v) is 15.3. The Morgan fingerprint density at radius 3 is 2.43 bits per heavy atom. The second-order valence-electron chi connectivity index (χ2n) is 12.9. The minimum atomic E-state index is -1.28. The average Bonchev–Trinajstić information content (AvgIpc) is 3.70. The molecule has 1 saturated carbocycles. The fourth-order valence-corrected chi connectivity index (χ4v) is 7.92. The second kappa shape index (κ2) is 10.2. The van der Waals surface area contributed by atoms with Crippen LogP contribution in [0.5, 0.6) is 0 Å². The number of rotatable bonds is 5. The van der Waals surface area contributed by atoms with E-state index in [4.69, 9.17) is 4.74 Å². The van der Waals surface area contributed by atoms with Gasteiger partial charge < -0.3 is 10.1 Å². The van der Waals surface area contributed by atoms with Crippen LogP contribution < -0.4 is 15.5 Å². The standard InChI is InChI=1S/C35H37FN4O4/c1-18-9-12-25-26(13-18)38-34(43)35(25)29(24-8-6-7-19(2)30(24)36)28-31(40(35)16-22-10-11-22)37-17-39(32(28)41)23-14-20(3)27(21(4)15-23)33(42)44-5/h6-9,12-15,22,28-29,31,37H,10-11,16-17H2,1-5H3,(H,38,43)/t28-,29-,31?,35+/m0/s1. The first-order chi connectivity index (χ1) is 21.1. The summed E-state index contributed by atoms with van der Waals surface area (Å²) in [6.45, 7) is 8.17. The Morgan fingerprint density at radius 2 is 1.75 bits per heavy atom. The van der Waals surface area contributed by atoms with Crippen molar-refractivity contribution in [2.24, 2.45) is 11.8 Å². The molecule has 3 heterocycles. The van der Waals surface area contributed by atoms with E-state index < -0.39 is 35.3 Å². The summed E-state index contributed by atoms with van der Waals surface area (Å²) in [4.78, 5) is 45.7. The summed E-state index contributed by atoms with van der Waals surface area (Å²) < 4.78 is 21.3. The quantitative estimate of drug-likeness (QED) is 0.402. The van der Waals surface area contributed by atoms with Crippen molar-refractivity contribution in [2.75, 3.05) is 30.5 Å². The summed E-state index contributed by atoms with van der Waals surface area (Å²) in [7, 11) is 1.35. The van der Waals surface area contributed by atoms with E-state index in [1.165, 1.54) is 7.11 Å². The van der Waals surface area contributed by atoms with E-state index in [1.807, 2.05) is 51.1 Å². The molecule has 0 aromatic heterocycles. The van der Waals surface area contributed by atoms with Crippen LogP contribution in [0, 0.1) is 45.3 Å². The van der Waals surface area contributed by atoms with Gasteiger partial charge in [0.1, 0.15) is 11.4 Å². The molecule has 1 aliphatic carbocycles. The molecule has 1 spiro atoms. The summed E-state index contributed by atoms with van der Waals surface area (Å²) in [5.74, 6) is -2.39. The Labute approximate surface area is 256 Å². The van der Waals surface area contributed by atoms with E-state index in [2.05, 4.69) is 15.5 Å². The average molecular weight is 597 g/mol. The summed E-state index contributed by atoms with van der Waals surface area (Å²) in [5.41, 5.74) is 4.54. The molecule has 4 atom stereocenters. The van der Waals surface area contributed by atoms with Crippen LogP contribution in [-0.4, -0.2) is 49.2 Å². The first-order valence-electron chi connectivity index (χ1n) is 15.3. The smallest absolute Gasteiger partial charge is 0.338 e. The van der Waals surface area contributed by atoms with Crippen LogP contribution in [0.25, 0.3) is 0 Å². The molecule has 7 rings (SSSR count). The Balaban J connectivity index is 1.43. The number of likely N-dealkylation sites (tertiary alicyclic amines) is 1. The number of nitrogens with one attached hydrogen (secondary N) is 2. The predicted molar refractivity (Wildman–Crippen MR) is 165 cm³/mol. The van der Waals surface area contributed by atoms with E-state index in [-0.39, 0.29) is 18.5 Å². The Hall–Kier alpha value is -4.08. The van der Waals surface area contributed by atoms with Crippen molar-refractivity contribution in [3.05, 3.63) is 93.3 Å². The molecule has 228 valence electrons.